The minimum Gasteiger partial charge on any atom is -0.497 e. The molecule has 1 aromatic carbocycles. The van der Waals surface area contributed by atoms with Crippen LogP contribution in [0.5, 0.6) is 5.75 Å². The molecule has 3 nitrogen and oxygen atoms in total. The van der Waals surface area contributed by atoms with Crippen LogP contribution >= 0.6 is 23.4 Å². The summed E-state index contributed by atoms with van der Waals surface area (Å²) in [5, 5.41) is -0.0821. The van der Waals surface area contributed by atoms with Crippen molar-refractivity contribution in [3.8, 4) is 5.75 Å². The minimum atomic E-state index is -0.0821. The van der Waals surface area contributed by atoms with Gasteiger partial charge in [-0.3, -0.25) is 0 Å². The van der Waals surface area contributed by atoms with Crippen molar-refractivity contribution in [1.82, 2.24) is 9.55 Å². The number of alkyl halides is 1. The van der Waals surface area contributed by atoms with E-state index in [1.807, 2.05) is 19.1 Å². The number of benzene rings is 1. The van der Waals surface area contributed by atoms with Crippen molar-refractivity contribution in [3.05, 3.63) is 24.0 Å². The molecule has 1 saturated heterocycles. The molecule has 21 heavy (non-hydrogen) atoms. The average molecular weight is 325 g/mol. The van der Waals surface area contributed by atoms with Gasteiger partial charge in [0.25, 0.3) is 0 Å². The monoisotopic (exact) mass is 324 g/mol. The van der Waals surface area contributed by atoms with Crippen LogP contribution in [-0.4, -0.2) is 28.2 Å². The SMILES string of the molecule is COc1ccc2nc(C(C)Cl)n(CC3CCSCC3)c2c1. The summed E-state index contributed by atoms with van der Waals surface area (Å²) in [5.41, 5.74) is 2.14. The Balaban J connectivity index is 2.01. The summed E-state index contributed by atoms with van der Waals surface area (Å²) in [5.74, 6) is 5.11. The Kier molecular flexibility index (Phi) is 4.65. The van der Waals surface area contributed by atoms with E-state index in [0.29, 0.717) is 0 Å². The molecule has 114 valence electrons. The zero-order chi connectivity index (χ0) is 14.8. The van der Waals surface area contributed by atoms with Gasteiger partial charge >= 0.3 is 0 Å². The van der Waals surface area contributed by atoms with Gasteiger partial charge in [-0.2, -0.15) is 11.8 Å². The summed E-state index contributed by atoms with van der Waals surface area (Å²) in [6.07, 6.45) is 2.56. The summed E-state index contributed by atoms with van der Waals surface area (Å²) in [6, 6.07) is 6.05. The maximum absolute atomic E-state index is 6.35. The fraction of sp³-hybridized carbons (Fsp3) is 0.562. The molecule has 2 aromatic rings. The Bertz CT molecular complexity index is 620. The lowest BCUT2D eigenvalue weighted by atomic mass is 10.0. The molecule has 1 atom stereocenters. The topological polar surface area (TPSA) is 27.1 Å². The molecule has 0 N–H and O–H groups in total. The predicted molar refractivity (Wildman–Crippen MR) is 90.6 cm³/mol. The van der Waals surface area contributed by atoms with E-state index in [1.54, 1.807) is 7.11 Å². The Morgan fingerprint density at radius 3 is 2.86 bits per heavy atom. The third-order valence-corrected chi connectivity index (χ3v) is 5.37. The van der Waals surface area contributed by atoms with Gasteiger partial charge in [-0.15, -0.1) is 11.6 Å². The van der Waals surface area contributed by atoms with Gasteiger partial charge in [0.2, 0.25) is 0 Å². The molecular weight excluding hydrogens is 304 g/mol. The summed E-state index contributed by atoms with van der Waals surface area (Å²) >= 11 is 8.41. The average Bonchev–Trinajstić information content (AvgIpc) is 2.86. The van der Waals surface area contributed by atoms with E-state index < -0.39 is 0 Å². The Morgan fingerprint density at radius 1 is 1.43 bits per heavy atom. The molecular formula is C16H21ClN2OS. The van der Waals surface area contributed by atoms with Crippen LogP contribution in [-0.2, 0) is 6.54 Å². The Labute approximate surface area is 135 Å². The first-order valence-electron chi connectivity index (χ1n) is 7.45. The van der Waals surface area contributed by atoms with Gasteiger partial charge in [-0.05, 0) is 49.3 Å². The second kappa shape index (κ2) is 6.49. The normalized spacial score (nSPS) is 18.0. The molecule has 1 unspecified atom stereocenters. The van der Waals surface area contributed by atoms with E-state index >= 15 is 0 Å². The standard InChI is InChI=1S/C16H21ClN2OS/c1-11(17)16-18-14-4-3-13(20-2)9-15(14)19(16)10-12-5-7-21-8-6-12/h3-4,9,11-12H,5-8,10H2,1-2H3. The quantitative estimate of drug-likeness (QED) is 0.775. The molecule has 1 aliphatic rings. The van der Waals surface area contributed by atoms with E-state index in [0.717, 1.165) is 35.1 Å². The number of hydrogen-bond acceptors (Lipinski definition) is 3. The van der Waals surface area contributed by atoms with Crippen LogP contribution in [0, 0.1) is 5.92 Å². The van der Waals surface area contributed by atoms with Gasteiger partial charge in [0, 0.05) is 12.6 Å². The van der Waals surface area contributed by atoms with Crippen LogP contribution in [0.1, 0.15) is 31.0 Å². The van der Waals surface area contributed by atoms with Crippen LogP contribution in [0.15, 0.2) is 18.2 Å². The number of hydrogen-bond donors (Lipinski definition) is 0. The van der Waals surface area contributed by atoms with Gasteiger partial charge in [-0.1, -0.05) is 0 Å². The fourth-order valence-corrected chi connectivity index (χ4v) is 4.30. The molecule has 1 fully saturated rings. The molecule has 0 spiro atoms. The van der Waals surface area contributed by atoms with E-state index in [1.165, 1.54) is 24.3 Å². The van der Waals surface area contributed by atoms with Crippen molar-refractivity contribution in [2.75, 3.05) is 18.6 Å². The number of halogens is 1. The Morgan fingerprint density at radius 2 is 2.19 bits per heavy atom. The van der Waals surface area contributed by atoms with Crippen LogP contribution in [0.2, 0.25) is 0 Å². The first kappa shape index (κ1) is 15.0. The van der Waals surface area contributed by atoms with Crippen LogP contribution in [0.4, 0.5) is 0 Å². The number of aromatic nitrogens is 2. The largest absolute Gasteiger partial charge is 0.497 e. The van der Waals surface area contributed by atoms with Crippen molar-refractivity contribution in [2.45, 2.75) is 31.7 Å². The molecule has 1 aliphatic heterocycles. The van der Waals surface area contributed by atoms with Crippen molar-refractivity contribution in [2.24, 2.45) is 5.92 Å². The molecule has 2 heterocycles. The number of methoxy groups -OCH3 is 1. The summed E-state index contributed by atoms with van der Waals surface area (Å²) in [4.78, 5) is 4.72. The lowest BCUT2D eigenvalue weighted by molar-refractivity contribution is 0.410. The van der Waals surface area contributed by atoms with E-state index in [2.05, 4.69) is 22.4 Å². The highest BCUT2D eigenvalue weighted by Crippen LogP contribution is 2.31. The van der Waals surface area contributed by atoms with E-state index in [9.17, 15) is 0 Å². The fourth-order valence-electron chi connectivity index (χ4n) is 2.93. The molecule has 0 radical (unpaired) electrons. The van der Waals surface area contributed by atoms with Gasteiger partial charge in [0.15, 0.2) is 0 Å². The first-order chi connectivity index (χ1) is 10.2. The second-order valence-corrected chi connectivity index (χ2v) is 7.49. The number of fused-ring (bicyclic) bond motifs is 1. The first-order valence-corrected chi connectivity index (χ1v) is 9.04. The molecule has 0 saturated carbocycles. The molecule has 5 heteroatoms. The molecule has 0 amide bonds. The van der Waals surface area contributed by atoms with Crippen LogP contribution in [0.25, 0.3) is 11.0 Å². The number of imidazole rings is 1. The van der Waals surface area contributed by atoms with Crippen LogP contribution < -0.4 is 4.74 Å². The lowest BCUT2D eigenvalue weighted by Gasteiger charge is -2.23. The maximum Gasteiger partial charge on any atom is 0.127 e. The minimum absolute atomic E-state index is 0.0821. The molecule has 3 rings (SSSR count). The predicted octanol–water partition coefficient (Wildman–Crippen LogP) is 4.49. The zero-order valence-corrected chi connectivity index (χ0v) is 14.1. The van der Waals surface area contributed by atoms with Gasteiger partial charge in [0.05, 0.1) is 23.5 Å². The third-order valence-electron chi connectivity index (χ3n) is 4.12. The molecule has 0 bridgehead atoms. The number of rotatable bonds is 4. The second-order valence-electron chi connectivity index (χ2n) is 5.61. The Hall–Kier alpha value is -0.870. The third kappa shape index (κ3) is 3.16. The highest BCUT2D eigenvalue weighted by molar-refractivity contribution is 7.99. The number of nitrogens with zero attached hydrogens (tertiary/aromatic N) is 2. The van der Waals surface area contributed by atoms with Gasteiger partial charge in [-0.25, -0.2) is 4.98 Å². The van der Waals surface area contributed by atoms with E-state index in [4.69, 9.17) is 21.3 Å². The molecule has 0 aliphatic carbocycles. The summed E-state index contributed by atoms with van der Waals surface area (Å²) in [7, 11) is 1.70. The summed E-state index contributed by atoms with van der Waals surface area (Å²) < 4.78 is 7.66. The number of ether oxygens (including phenoxy) is 1. The lowest BCUT2D eigenvalue weighted by Crippen LogP contribution is -2.18. The van der Waals surface area contributed by atoms with Crippen molar-refractivity contribution < 1.29 is 4.74 Å². The van der Waals surface area contributed by atoms with E-state index in [-0.39, 0.29) is 5.38 Å². The molecule has 1 aromatic heterocycles. The van der Waals surface area contributed by atoms with Crippen molar-refractivity contribution >= 4 is 34.4 Å². The number of thioether (sulfide) groups is 1. The zero-order valence-electron chi connectivity index (χ0n) is 12.5. The highest BCUT2D eigenvalue weighted by atomic mass is 35.5. The summed E-state index contributed by atoms with van der Waals surface area (Å²) in [6.45, 7) is 3.00. The maximum atomic E-state index is 6.35. The van der Waals surface area contributed by atoms with Crippen LogP contribution in [0.3, 0.4) is 0 Å². The van der Waals surface area contributed by atoms with Crippen molar-refractivity contribution in [3.63, 3.8) is 0 Å². The van der Waals surface area contributed by atoms with Gasteiger partial charge < -0.3 is 9.30 Å². The van der Waals surface area contributed by atoms with Gasteiger partial charge in [0.1, 0.15) is 11.6 Å². The highest BCUT2D eigenvalue weighted by Gasteiger charge is 2.20. The smallest absolute Gasteiger partial charge is 0.127 e. The van der Waals surface area contributed by atoms with Crippen molar-refractivity contribution in [1.29, 1.82) is 0 Å².